The van der Waals surface area contributed by atoms with Crippen LogP contribution in [0.25, 0.3) is 0 Å². The SMILES string of the molecule is CC1=C(C(N)=O)[C@@H](c2ccco2)C(C#N)C(SCC(=O)Nc2ccc(C)c(Cl)c2)=N1. The minimum absolute atomic E-state index is 0.0343. The van der Waals surface area contributed by atoms with E-state index in [-0.39, 0.29) is 17.2 Å². The van der Waals surface area contributed by atoms with Gasteiger partial charge in [-0.25, -0.2) is 4.99 Å². The number of hydrogen-bond donors (Lipinski definition) is 2. The average Bonchev–Trinajstić information content (AvgIpc) is 3.22. The summed E-state index contributed by atoms with van der Waals surface area (Å²) in [6, 6.07) is 10.8. The largest absolute Gasteiger partial charge is 0.469 e. The van der Waals surface area contributed by atoms with E-state index >= 15 is 0 Å². The summed E-state index contributed by atoms with van der Waals surface area (Å²) in [5.41, 5.74) is 7.68. The first kappa shape index (κ1) is 21.7. The number of allylic oxidation sites excluding steroid dienone is 1. The van der Waals surface area contributed by atoms with E-state index in [0.29, 0.717) is 27.2 Å². The van der Waals surface area contributed by atoms with E-state index in [4.69, 9.17) is 21.8 Å². The zero-order valence-electron chi connectivity index (χ0n) is 16.3. The Kier molecular flexibility index (Phi) is 6.65. The van der Waals surface area contributed by atoms with E-state index in [9.17, 15) is 14.9 Å². The molecule has 2 amide bonds. The van der Waals surface area contributed by atoms with E-state index in [1.54, 1.807) is 31.2 Å². The second kappa shape index (κ2) is 9.20. The molecule has 0 fully saturated rings. The molecule has 1 aliphatic heterocycles. The number of rotatable bonds is 5. The van der Waals surface area contributed by atoms with Crippen LogP contribution in [0.15, 0.2) is 57.3 Å². The molecule has 0 bridgehead atoms. The molecule has 0 saturated heterocycles. The van der Waals surface area contributed by atoms with Crippen molar-refractivity contribution in [3.8, 4) is 6.07 Å². The highest BCUT2D eigenvalue weighted by atomic mass is 35.5. The lowest BCUT2D eigenvalue weighted by Crippen LogP contribution is -2.32. The number of nitrogens with zero attached hydrogens (tertiary/aromatic N) is 2. The third kappa shape index (κ3) is 4.58. The minimum atomic E-state index is -0.797. The Labute approximate surface area is 183 Å². The molecule has 1 aliphatic rings. The first-order valence-corrected chi connectivity index (χ1v) is 10.4. The van der Waals surface area contributed by atoms with E-state index in [1.165, 1.54) is 6.26 Å². The minimum Gasteiger partial charge on any atom is -0.469 e. The highest BCUT2D eigenvalue weighted by Crippen LogP contribution is 2.41. The maximum atomic E-state index is 12.4. The molecule has 154 valence electrons. The summed E-state index contributed by atoms with van der Waals surface area (Å²) in [7, 11) is 0. The molecule has 2 aromatic rings. The van der Waals surface area contributed by atoms with Gasteiger partial charge in [0.25, 0.3) is 0 Å². The fraction of sp³-hybridized carbons (Fsp3) is 0.238. The molecule has 0 saturated carbocycles. The number of primary amides is 1. The van der Waals surface area contributed by atoms with Gasteiger partial charge in [-0.3, -0.25) is 9.59 Å². The van der Waals surface area contributed by atoms with Gasteiger partial charge in [-0.1, -0.05) is 29.4 Å². The maximum Gasteiger partial charge on any atom is 0.247 e. The zero-order valence-corrected chi connectivity index (χ0v) is 17.9. The van der Waals surface area contributed by atoms with Gasteiger partial charge in [-0.2, -0.15) is 5.26 Å². The van der Waals surface area contributed by atoms with Gasteiger partial charge in [0.15, 0.2) is 0 Å². The predicted octanol–water partition coefficient (Wildman–Crippen LogP) is 4.01. The Morgan fingerprint density at radius 2 is 2.13 bits per heavy atom. The molecule has 1 aromatic heterocycles. The molecular weight excluding hydrogens is 424 g/mol. The fourth-order valence-electron chi connectivity index (χ4n) is 3.19. The van der Waals surface area contributed by atoms with Crippen LogP contribution in [0.1, 0.15) is 24.2 Å². The van der Waals surface area contributed by atoms with Crippen molar-refractivity contribution in [1.29, 1.82) is 5.26 Å². The van der Waals surface area contributed by atoms with Crippen LogP contribution in [0.4, 0.5) is 5.69 Å². The lowest BCUT2D eigenvalue weighted by Gasteiger charge is -2.27. The Balaban J connectivity index is 1.79. The number of thioether (sulfide) groups is 1. The number of nitriles is 1. The molecule has 1 aromatic carbocycles. The third-order valence-corrected chi connectivity index (χ3v) is 6.09. The number of nitrogens with one attached hydrogen (secondary N) is 1. The number of halogens is 1. The number of furan rings is 1. The van der Waals surface area contributed by atoms with Gasteiger partial charge < -0.3 is 15.5 Å². The molecule has 7 nitrogen and oxygen atoms in total. The summed E-state index contributed by atoms with van der Waals surface area (Å²) >= 11 is 7.23. The molecule has 0 spiro atoms. The first-order chi connectivity index (χ1) is 14.3. The number of anilines is 1. The summed E-state index contributed by atoms with van der Waals surface area (Å²) in [4.78, 5) is 28.8. The lowest BCUT2D eigenvalue weighted by atomic mass is 9.82. The highest BCUT2D eigenvalue weighted by molar-refractivity contribution is 8.14. The number of benzene rings is 1. The number of nitrogens with two attached hydrogens (primary N) is 1. The number of amides is 2. The van der Waals surface area contributed by atoms with Crippen LogP contribution in [0.3, 0.4) is 0 Å². The summed E-state index contributed by atoms with van der Waals surface area (Å²) < 4.78 is 5.46. The summed E-state index contributed by atoms with van der Waals surface area (Å²) in [6.07, 6.45) is 1.47. The number of aliphatic imine (C=N–C) groups is 1. The third-order valence-electron chi connectivity index (χ3n) is 4.64. The van der Waals surface area contributed by atoms with Gasteiger partial charge in [-0.15, -0.1) is 0 Å². The Bertz CT molecular complexity index is 1090. The van der Waals surface area contributed by atoms with Crippen molar-refractivity contribution < 1.29 is 14.0 Å². The van der Waals surface area contributed by atoms with Crippen LogP contribution in [-0.2, 0) is 9.59 Å². The van der Waals surface area contributed by atoms with Crippen LogP contribution < -0.4 is 11.1 Å². The van der Waals surface area contributed by atoms with Crippen LogP contribution in [0, 0.1) is 24.2 Å². The summed E-state index contributed by atoms with van der Waals surface area (Å²) in [6.45, 7) is 3.53. The standard InChI is InChI=1S/C21H19ClN4O3S/c1-11-5-6-13(8-15(11)22)26-17(27)10-30-21-14(9-23)19(16-4-3-7-29-16)18(20(24)28)12(2)25-21/h3-8,14,19H,10H2,1-2H3,(H2,24,28)(H,26,27)/t14?,19-/m1/s1. The van der Waals surface area contributed by atoms with Gasteiger partial charge >= 0.3 is 0 Å². The van der Waals surface area contributed by atoms with Crippen molar-refractivity contribution in [2.24, 2.45) is 16.6 Å². The van der Waals surface area contributed by atoms with E-state index in [0.717, 1.165) is 17.3 Å². The van der Waals surface area contributed by atoms with Gasteiger partial charge in [0.05, 0.1) is 34.6 Å². The van der Waals surface area contributed by atoms with Crippen molar-refractivity contribution in [3.63, 3.8) is 0 Å². The topological polar surface area (TPSA) is 121 Å². The number of carbonyl (C=O) groups excluding carboxylic acids is 2. The van der Waals surface area contributed by atoms with Crippen molar-refractivity contribution in [1.82, 2.24) is 0 Å². The monoisotopic (exact) mass is 442 g/mol. The van der Waals surface area contributed by atoms with Crippen molar-refractivity contribution >= 4 is 45.9 Å². The van der Waals surface area contributed by atoms with Gasteiger partial charge in [0, 0.05) is 16.4 Å². The second-order valence-corrected chi connectivity index (χ2v) is 8.12. The maximum absolute atomic E-state index is 12.4. The lowest BCUT2D eigenvalue weighted by molar-refractivity contribution is -0.115. The van der Waals surface area contributed by atoms with Crippen molar-refractivity contribution in [3.05, 3.63) is 64.2 Å². The molecular formula is C21H19ClN4O3S. The molecule has 2 heterocycles. The van der Waals surface area contributed by atoms with Crippen molar-refractivity contribution in [2.45, 2.75) is 19.8 Å². The van der Waals surface area contributed by atoms with E-state index in [2.05, 4.69) is 16.4 Å². The molecule has 3 rings (SSSR count). The molecule has 30 heavy (non-hydrogen) atoms. The normalized spacial score (nSPS) is 18.5. The van der Waals surface area contributed by atoms with Crippen LogP contribution in [0.5, 0.6) is 0 Å². The van der Waals surface area contributed by atoms with E-state index < -0.39 is 17.7 Å². The van der Waals surface area contributed by atoms with Gasteiger partial charge in [0.2, 0.25) is 11.8 Å². The highest BCUT2D eigenvalue weighted by Gasteiger charge is 2.39. The molecule has 3 N–H and O–H groups in total. The number of aryl methyl sites for hydroxylation is 1. The quantitative estimate of drug-likeness (QED) is 0.724. The fourth-order valence-corrected chi connectivity index (χ4v) is 4.30. The van der Waals surface area contributed by atoms with Crippen LogP contribution >= 0.6 is 23.4 Å². The Hall–Kier alpha value is -3.02. The van der Waals surface area contributed by atoms with Crippen molar-refractivity contribution in [2.75, 3.05) is 11.1 Å². The smallest absolute Gasteiger partial charge is 0.247 e. The number of carbonyl (C=O) groups is 2. The Morgan fingerprint density at radius 3 is 2.73 bits per heavy atom. The molecule has 9 heteroatoms. The predicted molar refractivity (Wildman–Crippen MR) is 117 cm³/mol. The molecule has 0 aliphatic carbocycles. The second-order valence-electron chi connectivity index (χ2n) is 6.71. The first-order valence-electron chi connectivity index (χ1n) is 9.02. The van der Waals surface area contributed by atoms with Gasteiger partial charge in [-0.05, 0) is 43.7 Å². The Morgan fingerprint density at radius 1 is 1.37 bits per heavy atom. The van der Waals surface area contributed by atoms with E-state index in [1.807, 2.05) is 13.0 Å². The molecule has 1 unspecified atom stereocenters. The molecule has 2 atom stereocenters. The van der Waals surface area contributed by atoms with Gasteiger partial charge in [0.1, 0.15) is 11.7 Å². The van der Waals surface area contributed by atoms with Crippen LogP contribution in [0.2, 0.25) is 5.02 Å². The van der Waals surface area contributed by atoms with Crippen LogP contribution in [-0.4, -0.2) is 22.6 Å². The summed E-state index contributed by atoms with van der Waals surface area (Å²) in [5.74, 6) is -1.92. The molecule has 0 radical (unpaired) electrons. The number of hydrogen-bond acceptors (Lipinski definition) is 6. The average molecular weight is 443 g/mol. The zero-order chi connectivity index (χ0) is 21.8. The summed E-state index contributed by atoms with van der Waals surface area (Å²) in [5, 5.41) is 13.6.